The largest absolute Gasteiger partial charge is 0.497 e. The number of benzene rings is 2. The second-order valence-electron chi connectivity index (χ2n) is 8.21. The van der Waals surface area contributed by atoms with Crippen molar-refractivity contribution < 1.29 is 22.7 Å². The van der Waals surface area contributed by atoms with Crippen LogP contribution in [0.4, 0.5) is 5.69 Å². The fourth-order valence-corrected chi connectivity index (χ4v) is 4.43. The predicted molar refractivity (Wildman–Crippen MR) is 135 cm³/mol. The molecule has 2 rings (SSSR count). The average Bonchev–Trinajstić information content (AvgIpc) is 2.77. The van der Waals surface area contributed by atoms with Gasteiger partial charge in [0.05, 0.1) is 19.1 Å². The first-order chi connectivity index (χ1) is 16.0. The number of ether oxygens (including phenoxy) is 1. The minimum Gasteiger partial charge on any atom is -0.497 e. The van der Waals surface area contributed by atoms with Crippen LogP contribution in [-0.2, 0) is 26.2 Å². The third-order valence-electron chi connectivity index (χ3n) is 5.10. The van der Waals surface area contributed by atoms with Crippen LogP contribution in [0.15, 0.2) is 48.5 Å². The zero-order valence-electron chi connectivity index (χ0n) is 20.1. The number of carbonyl (C=O) groups is 2. The first-order valence-corrected chi connectivity index (χ1v) is 13.1. The highest BCUT2D eigenvalue weighted by atomic mass is 35.5. The van der Waals surface area contributed by atoms with E-state index in [9.17, 15) is 18.0 Å². The normalized spacial score (nSPS) is 12.2. The van der Waals surface area contributed by atoms with E-state index < -0.39 is 28.5 Å². The quantitative estimate of drug-likeness (QED) is 0.500. The van der Waals surface area contributed by atoms with Crippen LogP contribution in [0, 0.1) is 0 Å². The molecule has 0 heterocycles. The lowest BCUT2D eigenvalue weighted by Gasteiger charge is -2.33. The summed E-state index contributed by atoms with van der Waals surface area (Å²) in [5.74, 6) is -0.347. The number of carbonyl (C=O) groups excluding carboxylic acids is 2. The summed E-state index contributed by atoms with van der Waals surface area (Å²) in [7, 11) is -2.34. The molecule has 0 aliphatic carbocycles. The Balaban J connectivity index is 2.44. The lowest BCUT2D eigenvalue weighted by Crippen LogP contribution is -2.53. The Hall–Kier alpha value is -2.78. The Kier molecular flexibility index (Phi) is 9.76. The minimum atomic E-state index is -3.81. The molecule has 2 amide bonds. The molecule has 34 heavy (non-hydrogen) atoms. The second kappa shape index (κ2) is 12.1. The van der Waals surface area contributed by atoms with Crippen molar-refractivity contribution in [3.8, 4) is 5.75 Å². The van der Waals surface area contributed by atoms with Crippen LogP contribution in [0.5, 0.6) is 5.75 Å². The van der Waals surface area contributed by atoms with Gasteiger partial charge in [-0.1, -0.05) is 36.7 Å². The molecule has 0 spiro atoms. The summed E-state index contributed by atoms with van der Waals surface area (Å²) < 4.78 is 31.5. The zero-order chi connectivity index (χ0) is 25.5. The number of hydrogen-bond donors (Lipinski definition) is 1. The van der Waals surface area contributed by atoms with Crippen LogP contribution in [0.1, 0.15) is 32.8 Å². The molecule has 186 valence electrons. The van der Waals surface area contributed by atoms with Gasteiger partial charge in [-0.05, 0) is 50.1 Å². The molecule has 1 atom stereocenters. The van der Waals surface area contributed by atoms with Crippen molar-refractivity contribution in [3.05, 3.63) is 59.1 Å². The molecule has 0 aromatic heterocycles. The number of nitrogens with one attached hydrogen (secondary N) is 1. The van der Waals surface area contributed by atoms with Gasteiger partial charge in [-0.3, -0.25) is 13.9 Å². The summed E-state index contributed by atoms with van der Waals surface area (Å²) in [6.45, 7) is 5.14. The minimum absolute atomic E-state index is 0.113. The molecular formula is C24H32ClN3O5S. The number of nitrogens with zero attached hydrogens (tertiary/aromatic N) is 2. The van der Waals surface area contributed by atoms with Gasteiger partial charge in [0.2, 0.25) is 21.8 Å². The molecule has 0 unspecified atom stereocenters. The van der Waals surface area contributed by atoms with Crippen LogP contribution in [0.25, 0.3) is 0 Å². The number of sulfonamides is 1. The molecule has 2 aromatic rings. The molecule has 2 aromatic carbocycles. The third kappa shape index (κ3) is 7.63. The number of rotatable bonds is 11. The van der Waals surface area contributed by atoms with Gasteiger partial charge in [-0.25, -0.2) is 8.42 Å². The fraction of sp³-hybridized carbons (Fsp3) is 0.417. The third-order valence-corrected chi connectivity index (χ3v) is 6.50. The lowest BCUT2D eigenvalue weighted by molar-refractivity contribution is -0.140. The Morgan fingerprint density at radius 3 is 2.29 bits per heavy atom. The van der Waals surface area contributed by atoms with Crippen LogP contribution >= 0.6 is 11.6 Å². The zero-order valence-corrected chi connectivity index (χ0v) is 21.7. The highest BCUT2D eigenvalue weighted by Crippen LogP contribution is 2.24. The van der Waals surface area contributed by atoms with E-state index in [1.54, 1.807) is 48.5 Å². The number of hydrogen-bond acceptors (Lipinski definition) is 5. The molecule has 10 heteroatoms. The van der Waals surface area contributed by atoms with Gasteiger partial charge in [0.15, 0.2) is 0 Å². The number of halogens is 1. The first kappa shape index (κ1) is 27.5. The van der Waals surface area contributed by atoms with Crippen molar-refractivity contribution in [2.24, 2.45) is 0 Å². The number of amides is 2. The van der Waals surface area contributed by atoms with Crippen molar-refractivity contribution in [1.29, 1.82) is 0 Å². The molecule has 8 nitrogen and oxygen atoms in total. The molecular weight excluding hydrogens is 478 g/mol. The summed E-state index contributed by atoms with van der Waals surface area (Å²) in [4.78, 5) is 27.9. The van der Waals surface area contributed by atoms with E-state index in [1.807, 2.05) is 20.8 Å². The first-order valence-electron chi connectivity index (χ1n) is 10.9. The molecule has 1 N–H and O–H groups in total. The van der Waals surface area contributed by atoms with Crippen LogP contribution in [0.3, 0.4) is 0 Å². The molecule has 0 saturated heterocycles. The van der Waals surface area contributed by atoms with Gasteiger partial charge in [0.25, 0.3) is 0 Å². The van der Waals surface area contributed by atoms with Crippen LogP contribution in [-0.4, -0.2) is 57.1 Å². The highest BCUT2D eigenvalue weighted by molar-refractivity contribution is 7.92. The Morgan fingerprint density at radius 1 is 1.12 bits per heavy atom. The van der Waals surface area contributed by atoms with E-state index >= 15 is 0 Å². The summed E-state index contributed by atoms with van der Waals surface area (Å²) in [6.07, 6.45) is 1.39. The van der Waals surface area contributed by atoms with Gasteiger partial charge in [0, 0.05) is 23.7 Å². The Bertz CT molecular complexity index is 1090. The van der Waals surface area contributed by atoms with Crippen molar-refractivity contribution in [2.75, 3.05) is 24.2 Å². The average molecular weight is 510 g/mol. The lowest BCUT2D eigenvalue weighted by atomic mass is 10.1. The number of anilines is 1. The summed E-state index contributed by atoms with van der Waals surface area (Å²) in [6, 6.07) is 12.5. The molecule has 0 aliphatic heterocycles. The maximum Gasteiger partial charge on any atom is 0.244 e. The number of methoxy groups -OCH3 is 1. The predicted octanol–water partition coefficient (Wildman–Crippen LogP) is 3.45. The van der Waals surface area contributed by atoms with Gasteiger partial charge in [0.1, 0.15) is 18.3 Å². The van der Waals surface area contributed by atoms with E-state index in [1.165, 1.54) is 12.0 Å². The van der Waals surface area contributed by atoms with E-state index in [0.717, 1.165) is 16.1 Å². The summed E-state index contributed by atoms with van der Waals surface area (Å²) in [5.41, 5.74) is 1.06. The molecule has 0 radical (unpaired) electrons. The summed E-state index contributed by atoms with van der Waals surface area (Å²) >= 11 is 5.99. The van der Waals surface area contributed by atoms with Crippen LogP contribution < -0.4 is 14.4 Å². The van der Waals surface area contributed by atoms with Gasteiger partial charge in [-0.2, -0.15) is 0 Å². The van der Waals surface area contributed by atoms with Crippen molar-refractivity contribution in [3.63, 3.8) is 0 Å². The summed E-state index contributed by atoms with van der Waals surface area (Å²) in [5, 5.41) is 3.40. The van der Waals surface area contributed by atoms with Gasteiger partial charge < -0.3 is 15.0 Å². The van der Waals surface area contributed by atoms with Gasteiger partial charge >= 0.3 is 0 Å². The smallest absolute Gasteiger partial charge is 0.244 e. The van der Waals surface area contributed by atoms with Crippen LogP contribution in [0.2, 0.25) is 5.02 Å². The van der Waals surface area contributed by atoms with Crippen molar-refractivity contribution in [2.45, 2.75) is 45.8 Å². The topological polar surface area (TPSA) is 96.0 Å². The monoisotopic (exact) mass is 509 g/mol. The molecule has 0 aliphatic rings. The van der Waals surface area contributed by atoms with Crippen molar-refractivity contribution >= 4 is 39.1 Å². The van der Waals surface area contributed by atoms with Gasteiger partial charge in [-0.15, -0.1) is 0 Å². The van der Waals surface area contributed by atoms with E-state index in [2.05, 4.69) is 5.32 Å². The standard InChI is InChI=1S/C24H32ClN3O5S/c1-6-22(24(30)26-17(2)3)27(15-18-10-12-19(25)13-11-18)23(29)16-28(34(5,31)32)20-8-7-9-21(14-20)33-4/h7-14,17,22H,6,15-16H2,1-5H3,(H,26,30)/t22-/m0/s1. The molecule has 0 saturated carbocycles. The molecule has 0 fully saturated rings. The van der Waals surface area contributed by atoms with Crippen molar-refractivity contribution in [1.82, 2.24) is 10.2 Å². The van der Waals surface area contributed by atoms with E-state index in [0.29, 0.717) is 22.9 Å². The van der Waals surface area contributed by atoms with E-state index in [4.69, 9.17) is 16.3 Å². The maximum absolute atomic E-state index is 13.6. The SMILES string of the molecule is CC[C@@H](C(=O)NC(C)C)N(Cc1ccc(Cl)cc1)C(=O)CN(c1cccc(OC)c1)S(C)(=O)=O. The Morgan fingerprint density at radius 2 is 1.76 bits per heavy atom. The Labute approximate surface area is 206 Å². The molecule has 0 bridgehead atoms. The fourth-order valence-electron chi connectivity index (χ4n) is 3.47. The second-order valence-corrected chi connectivity index (χ2v) is 10.5. The van der Waals surface area contributed by atoms with E-state index in [-0.39, 0.29) is 18.5 Å². The maximum atomic E-state index is 13.6. The highest BCUT2D eigenvalue weighted by Gasteiger charge is 2.32.